The highest BCUT2D eigenvalue weighted by Gasteiger charge is 2.59. The van der Waals surface area contributed by atoms with Gasteiger partial charge in [0.1, 0.15) is 12.7 Å². The highest BCUT2D eigenvalue weighted by atomic mass is 19.1. The molecule has 158 valence electrons. The van der Waals surface area contributed by atoms with E-state index < -0.39 is 48.7 Å². The molecule has 1 unspecified atom stereocenters. The Bertz CT molecular complexity index is 898. The maximum absolute atomic E-state index is 15.5. The van der Waals surface area contributed by atoms with Gasteiger partial charge in [-0.25, -0.2) is 14.0 Å². The Morgan fingerprint density at radius 3 is 2.00 bits per heavy atom. The van der Waals surface area contributed by atoms with Crippen LogP contribution in [0.25, 0.3) is 0 Å². The molecule has 30 heavy (non-hydrogen) atoms. The molecule has 2 aromatic rings. The summed E-state index contributed by atoms with van der Waals surface area (Å²) >= 11 is 0. The van der Waals surface area contributed by atoms with E-state index in [1.807, 2.05) is 0 Å². The van der Waals surface area contributed by atoms with Crippen LogP contribution in [0.3, 0.4) is 0 Å². The first-order chi connectivity index (χ1) is 14.3. The molecule has 3 rings (SSSR count). The number of benzene rings is 2. The first kappa shape index (κ1) is 21.4. The summed E-state index contributed by atoms with van der Waals surface area (Å²) in [5.74, 6) is -2.20. The lowest BCUT2D eigenvalue weighted by atomic mass is 9.99. The SMILES string of the molecule is CC(=O)O[C@@H]1O[C@H](COC(=O)c2ccccc2)[C@H](OC(=O)c2ccccc2)C1(C)F. The molecule has 0 bridgehead atoms. The summed E-state index contributed by atoms with van der Waals surface area (Å²) in [6, 6.07) is 16.2. The molecule has 1 aliphatic heterocycles. The predicted octanol–water partition coefficient (Wildman–Crippen LogP) is 3.09. The minimum atomic E-state index is -2.36. The molecule has 2 aromatic carbocycles. The molecule has 8 heteroatoms. The first-order valence-corrected chi connectivity index (χ1v) is 9.29. The summed E-state index contributed by atoms with van der Waals surface area (Å²) in [6.07, 6.45) is -4.27. The van der Waals surface area contributed by atoms with Crippen molar-refractivity contribution >= 4 is 17.9 Å². The van der Waals surface area contributed by atoms with Crippen LogP contribution in [0.4, 0.5) is 4.39 Å². The topological polar surface area (TPSA) is 88.1 Å². The third-order valence-corrected chi connectivity index (χ3v) is 4.56. The maximum Gasteiger partial charge on any atom is 0.338 e. The van der Waals surface area contributed by atoms with Crippen molar-refractivity contribution in [2.24, 2.45) is 0 Å². The van der Waals surface area contributed by atoms with Gasteiger partial charge in [0.25, 0.3) is 0 Å². The molecule has 0 aromatic heterocycles. The lowest BCUT2D eigenvalue weighted by Crippen LogP contribution is -2.46. The van der Waals surface area contributed by atoms with Gasteiger partial charge in [-0.1, -0.05) is 36.4 Å². The van der Waals surface area contributed by atoms with Gasteiger partial charge in [0, 0.05) is 6.92 Å². The predicted molar refractivity (Wildman–Crippen MR) is 102 cm³/mol. The summed E-state index contributed by atoms with van der Waals surface area (Å²) < 4.78 is 36.4. The van der Waals surface area contributed by atoms with E-state index in [0.29, 0.717) is 5.56 Å². The van der Waals surface area contributed by atoms with Crippen molar-refractivity contribution in [3.05, 3.63) is 71.8 Å². The summed E-state index contributed by atoms with van der Waals surface area (Å²) in [7, 11) is 0. The van der Waals surface area contributed by atoms with Crippen molar-refractivity contribution < 1.29 is 37.7 Å². The Labute approximate surface area is 172 Å². The lowest BCUT2D eigenvalue weighted by Gasteiger charge is -2.26. The molecule has 1 fully saturated rings. The monoisotopic (exact) mass is 416 g/mol. The Hall–Kier alpha value is -3.26. The average molecular weight is 416 g/mol. The highest BCUT2D eigenvalue weighted by molar-refractivity contribution is 5.90. The zero-order valence-corrected chi connectivity index (χ0v) is 16.4. The molecule has 4 atom stereocenters. The van der Waals surface area contributed by atoms with Crippen molar-refractivity contribution in [1.82, 2.24) is 0 Å². The largest absolute Gasteiger partial charge is 0.459 e. The van der Waals surface area contributed by atoms with Crippen LogP contribution in [0.1, 0.15) is 34.6 Å². The standard InChI is InChI=1S/C22H21FO7/c1-14(24)28-21-22(2,23)18(30-20(26)16-11-7-4-8-12-16)17(29-21)13-27-19(25)15-9-5-3-6-10-15/h3-12,17-18,21H,13H2,1-2H3/t17-,18+,21-,22?/m1/s1. The van der Waals surface area contributed by atoms with Crippen molar-refractivity contribution in [3.8, 4) is 0 Å². The van der Waals surface area contributed by atoms with E-state index in [2.05, 4.69) is 0 Å². The van der Waals surface area contributed by atoms with Crippen LogP contribution in [-0.4, -0.2) is 48.7 Å². The Kier molecular flexibility index (Phi) is 6.47. The normalized spacial score (nSPS) is 25.4. The molecule has 0 saturated carbocycles. The molecule has 0 aliphatic carbocycles. The van der Waals surface area contributed by atoms with E-state index in [1.165, 1.54) is 12.1 Å². The van der Waals surface area contributed by atoms with E-state index in [0.717, 1.165) is 13.8 Å². The number of ether oxygens (including phenoxy) is 4. The summed E-state index contributed by atoms with van der Waals surface area (Å²) in [5, 5.41) is 0. The minimum Gasteiger partial charge on any atom is -0.459 e. The van der Waals surface area contributed by atoms with E-state index in [9.17, 15) is 14.4 Å². The summed E-state index contributed by atoms with van der Waals surface area (Å²) in [4.78, 5) is 36.0. The van der Waals surface area contributed by atoms with Gasteiger partial charge >= 0.3 is 17.9 Å². The van der Waals surface area contributed by atoms with Gasteiger partial charge in [-0.2, -0.15) is 0 Å². The van der Waals surface area contributed by atoms with Crippen LogP contribution in [-0.2, 0) is 23.7 Å². The van der Waals surface area contributed by atoms with Gasteiger partial charge in [-0.05, 0) is 31.2 Å². The molecule has 1 heterocycles. The fourth-order valence-corrected chi connectivity index (χ4v) is 3.05. The van der Waals surface area contributed by atoms with Crippen molar-refractivity contribution in [2.75, 3.05) is 6.61 Å². The van der Waals surface area contributed by atoms with Crippen LogP contribution < -0.4 is 0 Å². The van der Waals surface area contributed by atoms with E-state index >= 15 is 4.39 Å². The molecule has 7 nitrogen and oxygen atoms in total. The Morgan fingerprint density at radius 2 is 1.47 bits per heavy atom. The fourth-order valence-electron chi connectivity index (χ4n) is 3.05. The van der Waals surface area contributed by atoms with E-state index in [1.54, 1.807) is 48.5 Å². The van der Waals surface area contributed by atoms with Crippen molar-refractivity contribution in [3.63, 3.8) is 0 Å². The molecule has 0 amide bonds. The van der Waals surface area contributed by atoms with E-state index in [-0.39, 0.29) is 5.56 Å². The number of esters is 3. The molecule has 0 N–H and O–H groups in total. The number of hydrogen-bond donors (Lipinski definition) is 0. The number of alkyl halides is 1. The molecule has 1 aliphatic rings. The first-order valence-electron chi connectivity index (χ1n) is 9.29. The zero-order chi connectivity index (χ0) is 21.7. The van der Waals surface area contributed by atoms with Crippen molar-refractivity contribution in [1.29, 1.82) is 0 Å². The maximum atomic E-state index is 15.5. The fraction of sp³-hybridized carbons (Fsp3) is 0.318. The number of carbonyl (C=O) groups excluding carboxylic acids is 3. The lowest BCUT2D eigenvalue weighted by molar-refractivity contribution is -0.193. The van der Waals surface area contributed by atoms with Crippen LogP contribution in [0.2, 0.25) is 0 Å². The van der Waals surface area contributed by atoms with Crippen LogP contribution in [0.5, 0.6) is 0 Å². The Morgan fingerprint density at radius 1 is 0.933 bits per heavy atom. The summed E-state index contributed by atoms with van der Waals surface area (Å²) in [6.45, 7) is 1.80. The van der Waals surface area contributed by atoms with Gasteiger partial charge < -0.3 is 18.9 Å². The van der Waals surface area contributed by atoms with Gasteiger partial charge in [-0.15, -0.1) is 0 Å². The van der Waals surface area contributed by atoms with Crippen LogP contribution >= 0.6 is 0 Å². The van der Waals surface area contributed by atoms with Gasteiger partial charge in [-0.3, -0.25) is 4.79 Å². The second-order valence-corrected chi connectivity index (χ2v) is 6.92. The van der Waals surface area contributed by atoms with Gasteiger partial charge in [0.05, 0.1) is 11.1 Å². The molecular formula is C22H21FO7. The zero-order valence-electron chi connectivity index (χ0n) is 16.4. The quantitative estimate of drug-likeness (QED) is 0.528. The third-order valence-electron chi connectivity index (χ3n) is 4.56. The smallest absolute Gasteiger partial charge is 0.338 e. The average Bonchev–Trinajstić information content (AvgIpc) is 2.96. The van der Waals surface area contributed by atoms with Crippen LogP contribution in [0.15, 0.2) is 60.7 Å². The Balaban J connectivity index is 1.76. The second-order valence-electron chi connectivity index (χ2n) is 6.92. The van der Waals surface area contributed by atoms with Gasteiger partial charge in [0.2, 0.25) is 12.0 Å². The molecular weight excluding hydrogens is 395 g/mol. The molecule has 0 radical (unpaired) electrons. The molecule has 0 spiro atoms. The number of hydrogen-bond acceptors (Lipinski definition) is 7. The highest BCUT2D eigenvalue weighted by Crippen LogP contribution is 2.38. The second kappa shape index (κ2) is 9.04. The molecule has 1 saturated heterocycles. The van der Waals surface area contributed by atoms with E-state index in [4.69, 9.17) is 18.9 Å². The summed E-state index contributed by atoms with van der Waals surface area (Å²) in [5.41, 5.74) is -1.85. The number of halogens is 1. The van der Waals surface area contributed by atoms with Crippen LogP contribution in [0, 0.1) is 0 Å². The number of rotatable bonds is 6. The van der Waals surface area contributed by atoms with Gasteiger partial charge in [0.15, 0.2) is 6.10 Å². The van der Waals surface area contributed by atoms with Crippen molar-refractivity contribution in [2.45, 2.75) is 38.0 Å². The third kappa shape index (κ3) is 4.83. The number of carbonyl (C=O) groups is 3. The minimum absolute atomic E-state index is 0.212.